The van der Waals surface area contributed by atoms with Crippen LogP contribution in [-0.2, 0) is 9.53 Å². The molecule has 0 saturated carbocycles. The summed E-state index contributed by atoms with van der Waals surface area (Å²) in [6, 6.07) is 7.51. The monoisotopic (exact) mass is 430 g/mol. The van der Waals surface area contributed by atoms with Gasteiger partial charge < -0.3 is 19.3 Å². The number of likely N-dealkylation sites (tertiary alicyclic amines) is 1. The molecule has 6 nitrogen and oxygen atoms in total. The van der Waals surface area contributed by atoms with Gasteiger partial charge in [-0.1, -0.05) is 32.4 Å². The number of hydrogen-bond donors (Lipinski definition) is 0. The Kier molecular flexibility index (Phi) is 8.35. The number of nitrogens with zero attached hydrogens (tertiary/aromatic N) is 2. The Morgan fingerprint density at radius 3 is 2.55 bits per heavy atom. The number of fused-ring (bicyclic) bond motifs is 1. The normalized spacial score (nSPS) is 20.8. The van der Waals surface area contributed by atoms with Crippen molar-refractivity contribution in [1.29, 1.82) is 0 Å². The lowest BCUT2D eigenvalue weighted by Crippen LogP contribution is -2.46. The van der Waals surface area contributed by atoms with E-state index in [1.165, 1.54) is 0 Å². The van der Waals surface area contributed by atoms with E-state index in [9.17, 15) is 9.59 Å². The number of rotatable bonds is 2. The standard InChI is InChI=1S/C25H38N2O4/c1-20(2)18-23(28)27-13-11-25(12-14-27)10-6-7-16-30-17-15-26(3)24(29)21-8-4-5-9-22(21)31-19-25/h4-5,8-9,20H,6-7,10-19H2,1-3H3. The molecule has 0 radical (unpaired) electrons. The Balaban J connectivity index is 1.74. The predicted octanol–water partition coefficient (Wildman–Crippen LogP) is 3.99. The fourth-order valence-electron chi connectivity index (χ4n) is 4.49. The van der Waals surface area contributed by atoms with Gasteiger partial charge in [0.05, 0.1) is 18.8 Å². The molecule has 1 aromatic carbocycles. The van der Waals surface area contributed by atoms with Gasteiger partial charge in [-0.05, 0) is 43.7 Å². The topological polar surface area (TPSA) is 59.1 Å². The maximum atomic E-state index is 12.9. The highest BCUT2D eigenvalue weighted by molar-refractivity contribution is 5.96. The SMILES string of the molecule is CC(C)CC(=O)N1CCC2(CCCCOCCN(C)C(=O)c3ccccc3OC2)CC1. The van der Waals surface area contributed by atoms with Crippen LogP contribution in [0.2, 0.25) is 0 Å². The molecule has 172 valence electrons. The lowest BCUT2D eigenvalue weighted by molar-refractivity contribution is -0.134. The number of hydrogen-bond acceptors (Lipinski definition) is 4. The Morgan fingerprint density at radius 1 is 1.06 bits per heavy atom. The summed E-state index contributed by atoms with van der Waals surface area (Å²) in [5.41, 5.74) is 0.627. The van der Waals surface area contributed by atoms with Crippen LogP contribution in [0, 0.1) is 11.3 Å². The number of carbonyl (C=O) groups is 2. The van der Waals surface area contributed by atoms with Gasteiger partial charge in [0.15, 0.2) is 0 Å². The zero-order chi connectivity index (χ0) is 22.3. The van der Waals surface area contributed by atoms with Crippen LogP contribution in [0.1, 0.15) is 62.7 Å². The molecule has 1 aromatic rings. The van der Waals surface area contributed by atoms with Crippen LogP contribution in [0.3, 0.4) is 0 Å². The first-order valence-electron chi connectivity index (χ1n) is 11.7. The van der Waals surface area contributed by atoms with Crippen LogP contribution in [0.15, 0.2) is 24.3 Å². The molecule has 1 spiro atoms. The van der Waals surface area contributed by atoms with E-state index in [1.54, 1.807) is 11.9 Å². The van der Waals surface area contributed by atoms with Crippen LogP contribution in [0.25, 0.3) is 0 Å². The van der Waals surface area contributed by atoms with E-state index in [-0.39, 0.29) is 17.2 Å². The third kappa shape index (κ3) is 6.45. The number of ether oxygens (including phenoxy) is 2. The highest BCUT2D eigenvalue weighted by atomic mass is 16.5. The number of amides is 2. The molecule has 2 amide bonds. The zero-order valence-corrected chi connectivity index (χ0v) is 19.4. The van der Waals surface area contributed by atoms with Crippen molar-refractivity contribution in [3.63, 3.8) is 0 Å². The maximum Gasteiger partial charge on any atom is 0.257 e. The number of likely N-dealkylation sites (N-methyl/N-ethyl adjacent to an activating group) is 1. The third-order valence-corrected chi connectivity index (χ3v) is 6.57. The van der Waals surface area contributed by atoms with Crippen LogP contribution in [0.5, 0.6) is 5.75 Å². The van der Waals surface area contributed by atoms with Gasteiger partial charge in [0, 0.05) is 45.1 Å². The fraction of sp³-hybridized carbons (Fsp3) is 0.680. The summed E-state index contributed by atoms with van der Waals surface area (Å²) in [4.78, 5) is 29.2. The van der Waals surface area contributed by atoms with Gasteiger partial charge in [-0.15, -0.1) is 0 Å². The highest BCUT2D eigenvalue weighted by Crippen LogP contribution is 2.38. The third-order valence-electron chi connectivity index (χ3n) is 6.57. The summed E-state index contributed by atoms with van der Waals surface area (Å²) in [6.07, 6.45) is 5.63. The summed E-state index contributed by atoms with van der Waals surface area (Å²) >= 11 is 0. The number of benzene rings is 1. The minimum absolute atomic E-state index is 0.0286. The minimum Gasteiger partial charge on any atom is -0.492 e. The molecule has 1 saturated heterocycles. The summed E-state index contributed by atoms with van der Waals surface area (Å²) in [5.74, 6) is 1.25. The van der Waals surface area contributed by atoms with Crippen molar-refractivity contribution in [1.82, 2.24) is 9.80 Å². The van der Waals surface area contributed by atoms with Crippen molar-refractivity contribution in [3.05, 3.63) is 29.8 Å². The molecule has 2 aliphatic rings. The first-order chi connectivity index (χ1) is 14.9. The van der Waals surface area contributed by atoms with E-state index in [4.69, 9.17) is 9.47 Å². The second-order valence-electron chi connectivity index (χ2n) is 9.56. The van der Waals surface area contributed by atoms with Gasteiger partial charge in [0.1, 0.15) is 5.75 Å². The van der Waals surface area contributed by atoms with Gasteiger partial charge >= 0.3 is 0 Å². The molecule has 6 heteroatoms. The van der Waals surface area contributed by atoms with Crippen molar-refractivity contribution in [3.8, 4) is 5.75 Å². The first-order valence-corrected chi connectivity index (χ1v) is 11.7. The van der Waals surface area contributed by atoms with Crippen LogP contribution >= 0.6 is 0 Å². The van der Waals surface area contributed by atoms with Crippen molar-refractivity contribution in [2.45, 2.75) is 52.4 Å². The summed E-state index contributed by atoms with van der Waals surface area (Å²) in [7, 11) is 1.81. The Hall–Kier alpha value is -2.08. The molecule has 31 heavy (non-hydrogen) atoms. The van der Waals surface area contributed by atoms with Gasteiger partial charge in [-0.25, -0.2) is 0 Å². The average molecular weight is 431 g/mol. The molecule has 0 aromatic heterocycles. The van der Waals surface area contributed by atoms with E-state index < -0.39 is 0 Å². The molecule has 1 fully saturated rings. The predicted molar refractivity (Wildman–Crippen MR) is 121 cm³/mol. The molecule has 2 aliphatic heterocycles. The lowest BCUT2D eigenvalue weighted by Gasteiger charge is -2.42. The lowest BCUT2D eigenvalue weighted by atomic mass is 9.75. The second-order valence-corrected chi connectivity index (χ2v) is 9.56. The molecule has 0 bridgehead atoms. The van der Waals surface area contributed by atoms with E-state index in [1.807, 2.05) is 29.2 Å². The van der Waals surface area contributed by atoms with Crippen molar-refractivity contribution in [2.24, 2.45) is 11.3 Å². The van der Waals surface area contributed by atoms with E-state index in [0.717, 1.165) is 45.2 Å². The first kappa shape index (κ1) is 23.6. The van der Waals surface area contributed by atoms with Gasteiger partial charge in [-0.2, -0.15) is 0 Å². The van der Waals surface area contributed by atoms with Crippen LogP contribution < -0.4 is 4.74 Å². The Labute approximate surface area is 186 Å². The molecule has 2 heterocycles. The van der Waals surface area contributed by atoms with Gasteiger partial charge in [0.25, 0.3) is 5.91 Å². The van der Waals surface area contributed by atoms with E-state index in [0.29, 0.717) is 50.0 Å². The molecule has 0 aliphatic carbocycles. The van der Waals surface area contributed by atoms with Crippen molar-refractivity contribution >= 4 is 11.8 Å². The summed E-state index contributed by atoms with van der Waals surface area (Å²) in [6.45, 7) is 8.16. The van der Waals surface area contributed by atoms with Crippen LogP contribution in [0.4, 0.5) is 0 Å². The molecule has 0 atom stereocenters. The summed E-state index contributed by atoms with van der Waals surface area (Å²) < 4.78 is 12.1. The second kappa shape index (κ2) is 11.0. The fourth-order valence-corrected chi connectivity index (χ4v) is 4.49. The van der Waals surface area contributed by atoms with Gasteiger partial charge in [0.2, 0.25) is 5.91 Å². The molecule has 0 unspecified atom stereocenters. The van der Waals surface area contributed by atoms with E-state index in [2.05, 4.69) is 13.8 Å². The number of piperidine rings is 1. The molecular formula is C25H38N2O4. The number of para-hydroxylation sites is 1. The largest absolute Gasteiger partial charge is 0.492 e. The molecular weight excluding hydrogens is 392 g/mol. The quantitative estimate of drug-likeness (QED) is 0.712. The highest BCUT2D eigenvalue weighted by Gasteiger charge is 2.36. The van der Waals surface area contributed by atoms with Crippen molar-refractivity contribution < 1.29 is 19.1 Å². The maximum absolute atomic E-state index is 12.9. The van der Waals surface area contributed by atoms with E-state index >= 15 is 0 Å². The van der Waals surface area contributed by atoms with Crippen molar-refractivity contribution in [2.75, 3.05) is 46.5 Å². The summed E-state index contributed by atoms with van der Waals surface area (Å²) in [5, 5.41) is 0. The molecule has 0 N–H and O–H groups in total. The minimum atomic E-state index is -0.0422. The van der Waals surface area contributed by atoms with Gasteiger partial charge in [-0.3, -0.25) is 9.59 Å². The Bertz CT molecular complexity index is 741. The van der Waals surface area contributed by atoms with Crippen LogP contribution in [-0.4, -0.2) is 68.1 Å². The Morgan fingerprint density at radius 2 is 1.81 bits per heavy atom. The smallest absolute Gasteiger partial charge is 0.257 e. The zero-order valence-electron chi connectivity index (χ0n) is 19.4. The average Bonchev–Trinajstić information content (AvgIpc) is 2.76. The number of carbonyl (C=O) groups excluding carboxylic acids is 2. The molecule has 3 rings (SSSR count).